The van der Waals surface area contributed by atoms with E-state index in [2.05, 4.69) is 0 Å². The predicted molar refractivity (Wildman–Crippen MR) is 66.7 cm³/mol. The molecular weight excluding hydrogens is 295 g/mol. The van der Waals surface area contributed by atoms with Crippen LogP contribution in [0.4, 0.5) is 0 Å². The summed E-state index contributed by atoms with van der Waals surface area (Å²) in [4.78, 5) is 0. The van der Waals surface area contributed by atoms with Crippen LogP contribution in [0.25, 0.3) is 0 Å². The number of rotatable bonds is 2. The average molecular weight is 321 g/mol. The Kier molecular flexibility index (Phi) is 9.25. The monoisotopic (exact) mass is 322 g/mol. The molecule has 2 nitrogen and oxygen atoms in total. The molecule has 2 aliphatic rings. The summed E-state index contributed by atoms with van der Waals surface area (Å²) in [6.45, 7) is 0. The third kappa shape index (κ3) is 5.55. The minimum absolute atomic E-state index is 0. The molecule has 90 valence electrons. The normalized spacial score (nSPS) is 24.0. The zero-order chi connectivity index (χ0) is 8.93. The van der Waals surface area contributed by atoms with Crippen LogP contribution >= 0.6 is 0 Å². The molecule has 0 atom stereocenters. The molecule has 0 aromatic heterocycles. The molecule has 4 N–H and O–H groups in total. The fourth-order valence-corrected chi connectivity index (χ4v) is 9.01. The van der Waals surface area contributed by atoms with Crippen molar-refractivity contribution in [2.75, 3.05) is 0 Å². The fraction of sp³-hybridized carbons (Fsp3) is 1.00. The van der Waals surface area contributed by atoms with Gasteiger partial charge in [-0.3, -0.25) is 0 Å². The van der Waals surface area contributed by atoms with Gasteiger partial charge in [0.05, 0.1) is 0 Å². The smallest absolute Gasteiger partial charge is 0.412 e. The molecule has 2 saturated carbocycles. The van der Waals surface area contributed by atoms with E-state index in [0.29, 0.717) is 0 Å². The molecule has 0 amide bonds. The van der Waals surface area contributed by atoms with E-state index < -0.39 is 0 Å². The molecule has 0 aromatic carbocycles. The van der Waals surface area contributed by atoms with Crippen LogP contribution in [0.2, 0.25) is 7.87 Å². The van der Waals surface area contributed by atoms with E-state index in [4.69, 9.17) is 0 Å². The van der Waals surface area contributed by atoms with Crippen molar-refractivity contribution in [3.63, 3.8) is 0 Å². The van der Waals surface area contributed by atoms with Crippen molar-refractivity contribution < 1.29 is 11.0 Å². The standard InChI is InChI=1S/2C6H11.2H2O.Sn/c2*1-2-4-6-5-3-1;;;/h2*1H,2-6H2;2*1H2;. The van der Waals surface area contributed by atoms with Crippen molar-refractivity contribution in [2.45, 2.75) is 72.1 Å². The van der Waals surface area contributed by atoms with Gasteiger partial charge in [0.25, 0.3) is 0 Å². The van der Waals surface area contributed by atoms with Gasteiger partial charge in [0, 0.05) is 0 Å². The molecule has 2 aliphatic carbocycles. The maximum absolute atomic E-state index is 1.63. The number of hydrogen-bond donors (Lipinski definition) is 0. The van der Waals surface area contributed by atoms with Crippen molar-refractivity contribution in [1.29, 1.82) is 0 Å². The van der Waals surface area contributed by atoms with Crippen LogP contribution in [0.3, 0.4) is 0 Å². The first-order valence-corrected chi connectivity index (χ1v) is 9.51. The SMILES string of the molecule is C1CC[CH]([Sn][CH]2CCCCC2)CC1.O.O. The summed E-state index contributed by atoms with van der Waals surface area (Å²) in [5.74, 6) is 0. The largest absolute Gasteiger partial charge is 0.412 e. The minimum Gasteiger partial charge on any atom is -0.412 e. The van der Waals surface area contributed by atoms with Gasteiger partial charge < -0.3 is 11.0 Å². The fourth-order valence-electron chi connectivity index (χ4n) is 2.87. The zero-order valence-electron chi connectivity index (χ0n) is 9.73. The van der Waals surface area contributed by atoms with Gasteiger partial charge >= 0.3 is 93.2 Å². The Balaban J connectivity index is 0.000000980. The summed E-state index contributed by atoms with van der Waals surface area (Å²) in [5.41, 5.74) is 0. The Morgan fingerprint density at radius 2 is 0.867 bits per heavy atom. The minimum atomic E-state index is 0. The maximum atomic E-state index is 1.63. The van der Waals surface area contributed by atoms with Crippen LogP contribution in [0, 0.1) is 0 Å². The second kappa shape index (κ2) is 8.82. The van der Waals surface area contributed by atoms with Crippen molar-refractivity contribution in [3.05, 3.63) is 0 Å². The first kappa shape index (κ1) is 15.7. The van der Waals surface area contributed by atoms with Gasteiger partial charge in [-0.25, -0.2) is 0 Å². The molecule has 0 saturated heterocycles. The van der Waals surface area contributed by atoms with Gasteiger partial charge in [0.1, 0.15) is 0 Å². The third-order valence-corrected chi connectivity index (χ3v) is 9.67. The van der Waals surface area contributed by atoms with E-state index in [0.717, 1.165) is 0 Å². The van der Waals surface area contributed by atoms with Gasteiger partial charge in [-0.05, 0) is 0 Å². The third-order valence-electron chi connectivity index (χ3n) is 3.68. The Bertz CT molecular complexity index is 125. The van der Waals surface area contributed by atoms with Crippen molar-refractivity contribution in [1.82, 2.24) is 0 Å². The van der Waals surface area contributed by atoms with Gasteiger partial charge in [-0.1, -0.05) is 0 Å². The van der Waals surface area contributed by atoms with Crippen molar-refractivity contribution in [3.8, 4) is 0 Å². The summed E-state index contributed by atoms with van der Waals surface area (Å²) in [6, 6.07) is 0. The summed E-state index contributed by atoms with van der Waals surface area (Å²) in [7, 11) is 0. The second-order valence-corrected chi connectivity index (χ2v) is 10.4. The summed E-state index contributed by atoms with van der Waals surface area (Å²) in [5, 5.41) is 0. The average Bonchev–Trinajstić information content (AvgIpc) is 2.21. The predicted octanol–water partition coefficient (Wildman–Crippen LogP) is 2.55. The van der Waals surface area contributed by atoms with Crippen LogP contribution in [0.5, 0.6) is 0 Å². The quantitative estimate of drug-likeness (QED) is 0.702. The first-order valence-electron chi connectivity index (χ1n) is 6.21. The van der Waals surface area contributed by atoms with Gasteiger partial charge in [-0.2, -0.15) is 0 Å². The van der Waals surface area contributed by atoms with Crippen LogP contribution in [-0.2, 0) is 0 Å². The van der Waals surface area contributed by atoms with Crippen LogP contribution in [0.1, 0.15) is 64.2 Å². The molecular formula is C12H26O2Sn. The van der Waals surface area contributed by atoms with Gasteiger partial charge in [0.15, 0.2) is 0 Å². The molecule has 2 rings (SSSR count). The molecule has 0 aliphatic heterocycles. The van der Waals surface area contributed by atoms with E-state index >= 15 is 0 Å². The molecule has 0 unspecified atom stereocenters. The number of hydrogen-bond acceptors (Lipinski definition) is 0. The first-order chi connectivity index (χ1) is 6.45. The molecule has 0 bridgehead atoms. The van der Waals surface area contributed by atoms with E-state index in [1.165, 1.54) is 7.87 Å². The topological polar surface area (TPSA) is 63.0 Å². The summed E-state index contributed by atoms with van der Waals surface area (Å²) in [6.07, 6.45) is 15.9. The van der Waals surface area contributed by atoms with E-state index in [9.17, 15) is 0 Å². The molecule has 0 spiro atoms. The van der Waals surface area contributed by atoms with E-state index in [1.807, 2.05) is 0 Å². The zero-order valence-corrected chi connectivity index (χ0v) is 12.6. The van der Waals surface area contributed by atoms with Crippen LogP contribution in [-0.4, -0.2) is 32.1 Å². The molecule has 0 heterocycles. The van der Waals surface area contributed by atoms with Crippen molar-refractivity contribution in [2.24, 2.45) is 0 Å². The van der Waals surface area contributed by atoms with Crippen LogP contribution < -0.4 is 0 Å². The second-order valence-electron chi connectivity index (χ2n) is 4.84. The van der Waals surface area contributed by atoms with Gasteiger partial charge in [0.2, 0.25) is 0 Å². The van der Waals surface area contributed by atoms with Gasteiger partial charge in [-0.15, -0.1) is 0 Å². The maximum Gasteiger partial charge on any atom is -0.412 e. The van der Waals surface area contributed by atoms with E-state index in [1.54, 1.807) is 64.2 Å². The molecule has 2 radical (unpaired) electrons. The van der Waals surface area contributed by atoms with Crippen LogP contribution in [0.15, 0.2) is 0 Å². The molecule has 0 aromatic rings. The molecule has 15 heavy (non-hydrogen) atoms. The Hall–Kier alpha value is 0.719. The van der Waals surface area contributed by atoms with E-state index in [-0.39, 0.29) is 32.1 Å². The summed E-state index contributed by atoms with van der Waals surface area (Å²) >= 11 is 0.0367. The Morgan fingerprint density at radius 3 is 1.20 bits per heavy atom. The Labute approximate surface area is 104 Å². The summed E-state index contributed by atoms with van der Waals surface area (Å²) < 4.78 is 2.58. The Morgan fingerprint density at radius 1 is 0.533 bits per heavy atom. The molecule has 3 heteroatoms. The molecule has 2 fully saturated rings. The van der Waals surface area contributed by atoms with Crippen molar-refractivity contribution >= 4 is 21.1 Å².